The van der Waals surface area contributed by atoms with Crippen molar-refractivity contribution in [1.82, 2.24) is 4.57 Å². The minimum atomic E-state index is -0.809. The molecule has 5 rings (SSSR count). The zero-order chi connectivity index (χ0) is 25.4. The third-order valence-corrected chi connectivity index (χ3v) is 7.09. The van der Waals surface area contributed by atoms with Gasteiger partial charge in [0.2, 0.25) is 0 Å². The number of benzene rings is 3. The minimum absolute atomic E-state index is 0.185. The Balaban J connectivity index is 1.84. The fourth-order valence-corrected chi connectivity index (χ4v) is 5.56. The number of fused-ring (bicyclic) bond motifs is 2. The van der Waals surface area contributed by atoms with Gasteiger partial charge in [0, 0.05) is 5.56 Å². The summed E-state index contributed by atoms with van der Waals surface area (Å²) in [7, 11) is 1.56. The number of methoxy groups -OCH3 is 1. The van der Waals surface area contributed by atoms with Gasteiger partial charge in [0.15, 0.2) is 4.80 Å². The second kappa shape index (κ2) is 9.54. The molecule has 0 radical (unpaired) electrons. The van der Waals surface area contributed by atoms with Crippen LogP contribution in [0.15, 0.2) is 81.7 Å². The molecular formula is C28H23FN2O4S. The highest BCUT2D eigenvalue weighted by atomic mass is 32.1. The molecule has 2 heterocycles. The Kier molecular flexibility index (Phi) is 6.28. The molecule has 4 aromatic rings. The molecule has 1 aliphatic rings. The molecule has 0 fully saturated rings. The molecule has 0 bridgehead atoms. The fraction of sp³-hybridized carbons (Fsp3) is 0.179. The average Bonchev–Trinajstić information content (AvgIpc) is 3.18. The predicted molar refractivity (Wildman–Crippen MR) is 137 cm³/mol. The summed E-state index contributed by atoms with van der Waals surface area (Å²) < 4.78 is 26.5. The van der Waals surface area contributed by atoms with Crippen LogP contribution in [0.5, 0.6) is 5.75 Å². The van der Waals surface area contributed by atoms with Crippen molar-refractivity contribution in [3.8, 4) is 5.75 Å². The van der Waals surface area contributed by atoms with Gasteiger partial charge in [0.1, 0.15) is 17.6 Å². The lowest BCUT2D eigenvalue weighted by Crippen LogP contribution is -2.40. The summed E-state index contributed by atoms with van der Waals surface area (Å²) >= 11 is 1.22. The van der Waals surface area contributed by atoms with Gasteiger partial charge in [-0.25, -0.2) is 14.2 Å². The van der Waals surface area contributed by atoms with Crippen LogP contribution in [0.25, 0.3) is 16.8 Å². The van der Waals surface area contributed by atoms with Crippen LogP contribution < -0.4 is 19.6 Å². The quantitative estimate of drug-likeness (QED) is 0.386. The van der Waals surface area contributed by atoms with Gasteiger partial charge in [-0.1, -0.05) is 53.8 Å². The summed E-state index contributed by atoms with van der Waals surface area (Å²) in [5.74, 6) is -0.346. The number of rotatable bonds is 5. The second-order valence-corrected chi connectivity index (χ2v) is 9.27. The number of esters is 1. The van der Waals surface area contributed by atoms with Gasteiger partial charge >= 0.3 is 5.97 Å². The van der Waals surface area contributed by atoms with Crippen LogP contribution in [0.3, 0.4) is 0 Å². The first-order chi connectivity index (χ1) is 17.4. The summed E-state index contributed by atoms with van der Waals surface area (Å²) in [6.07, 6.45) is 1.70. The van der Waals surface area contributed by atoms with E-state index in [0.29, 0.717) is 31.9 Å². The number of aromatic nitrogens is 1. The number of hydrogen-bond donors (Lipinski definition) is 0. The van der Waals surface area contributed by atoms with Crippen molar-refractivity contribution in [1.29, 1.82) is 0 Å². The lowest BCUT2D eigenvalue weighted by Gasteiger charge is -2.27. The van der Waals surface area contributed by atoms with E-state index in [1.165, 1.54) is 28.0 Å². The van der Waals surface area contributed by atoms with E-state index in [9.17, 15) is 14.0 Å². The molecule has 3 aromatic carbocycles. The fourth-order valence-electron chi connectivity index (χ4n) is 4.51. The number of halogens is 1. The molecule has 182 valence electrons. The molecule has 1 atom stereocenters. The van der Waals surface area contributed by atoms with E-state index in [0.717, 1.165) is 10.8 Å². The Morgan fingerprint density at radius 3 is 2.61 bits per heavy atom. The summed E-state index contributed by atoms with van der Waals surface area (Å²) in [6, 6.07) is 16.6. The van der Waals surface area contributed by atoms with Gasteiger partial charge in [-0.3, -0.25) is 9.36 Å². The number of ether oxygens (including phenoxy) is 2. The van der Waals surface area contributed by atoms with Crippen LogP contribution in [-0.2, 0) is 9.53 Å². The van der Waals surface area contributed by atoms with Crippen LogP contribution in [0.2, 0.25) is 0 Å². The molecule has 0 unspecified atom stereocenters. The normalized spacial score (nSPS) is 15.6. The van der Waals surface area contributed by atoms with Crippen LogP contribution in [-0.4, -0.2) is 24.3 Å². The number of carbonyl (C=O) groups excluding carboxylic acids is 1. The molecule has 6 nitrogen and oxygen atoms in total. The SMILES string of the molecule is CCOC(=O)C1=C(C)N=c2s/c(=C\c3ccc(F)cc3)c(=O)n2[C@@H]1c1c(OC)ccc2ccccc12. The lowest BCUT2D eigenvalue weighted by atomic mass is 9.90. The topological polar surface area (TPSA) is 69.9 Å². The van der Waals surface area contributed by atoms with E-state index in [2.05, 4.69) is 4.99 Å². The highest BCUT2D eigenvalue weighted by Crippen LogP contribution is 2.40. The van der Waals surface area contributed by atoms with Crippen molar-refractivity contribution < 1.29 is 18.7 Å². The third kappa shape index (κ3) is 4.03. The molecule has 8 heteroatoms. The Morgan fingerprint density at radius 1 is 1.14 bits per heavy atom. The van der Waals surface area contributed by atoms with E-state index in [1.807, 2.05) is 36.4 Å². The van der Waals surface area contributed by atoms with Gasteiger partial charge in [-0.05, 0) is 54.5 Å². The Morgan fingerprint density at radius 2 is 1.89 bits per heavy atom. The standard InChI is InChI=1S/C28H23FN2O4S/c1-4-35-27(33)23-16(2)30-28-31(26(32)22(36-28)15-17-9-12-19(29)13-10-17)25(23)24-20-8-6-5-7-18(20)11-14-21(24)34-3/h5-15,25H,4H2,1-3H3/b22-15-/t25-/m0/s1. The van der Waals surface area contributed by atoms with Gasteiger partial charge in [0.25, 0.3) is 5.56 Å². The maximum Gasteiger partial charge on any atom is 0.338 e. The van der Waals surface area contributed by atoms with E-state index in [-0.39, 0.29) is 23.6 Å². The first-order valence-corrected chi connectivity index (χ1v) is 12.3. The van der Waals surface area contributed by atoms with Crippen molar-refractivity contribution in [2.24, 2.45) is 4.99 Å². The second-order valence-electron chi connectivity index (χ2n) is 8.26. The smallest absolute Gasteiger partial charge is 0.338 e. The van der Waals surface area contributed by atoms with E-state index >= 15 is 0 Å². The predicted octanol–water partition coefficient (Wildman–Crippen LogP) is 4.10. The average molecular weight is 503 g/mol. The zero-order valence-electron chi connectivity index (χ0n) is 19.9. The van der Waals surface area contributed by atoms with E-state index in [4.69, 9.17) is 9.47 Å². The molecule has 0 spiro atoms. The van der Waals surface area contributed by atoms with Crippen molar-refractivity contribution in [3.63, 3.8) is 0 Å². The first kappa shape index (κ1) is 23.7. The van der Waals surface area contributed by atoms with Crippen molar-refractivity contribution in [2.75, 3.05) is 13.7 Å². The minimum Gasteiger partial charge on any atom is -0.496 e. The summed E-state index contributed by atoms with van der Waals surface area (Å²) in [5.41, 5.74) is 1.82. The molecule has 0 saturated heterocycles. The molecule has 1 aromatic heterocycles. The van der Waals surface area contributed by atoms with Crippen molar-refractivity contribution in [3.05, 3.63) is 109 Å². The number of nitrogens with zero attached hydrogens (tertiary/aromatic N) is 2. The van der Waals surface area contributed by atoms with Crippen LogP contribution in [0, 0.1) is 5.82 Å². The van der Waals surface area contributed by atoms with Crippen LogP contribution >= 0.6 is 11.3 Å². The molecular weight excluding hydrogens is 479 g/mol. The molecule has 0 aliphatic carbocycles. The van der Waals surface area contributed by atoms with Gasteiger partial charge in [-0.15, -0.1) is 0 Å². The zero-order valence-corrected chi connectivity index (χ0v) is 20.8. The number of allylic oxidation sites excluding steroid dienone is 1. The molecule has 36 heavy (non-hydrogen) atoms. The summed E-state index contributed by atoms with van der Waals surface area (Å²) in [6.45, 7) is 3.66. The summed E-state index contributed by atoms with van der Waals surface area (Å²) in [5, 5.41) is 1.80. The van der Waals surface area contributed by atoms with Crippen LogP contribution in [0.1, 0.15) is 31.0 Å². The van der Waals surface area contributed by atoms with Gasteiger partial charge in [-0.2, -0.15) is 0 Å². The Bertz CT molecular complexity index is 1700. The van der Waals surface area contributed by atoms with Crippen molar-refractivity contribution in [2.45, 2.75) is 19.9 Å². The molecule has 0 N–H and O–H groups in total. The number of carbonyl (C=O) groups is 1. The maximum absolute atomic E-state index is 13.8. The van der Waals surface area contributed by atoms with Gasteiger partial charge < -0.3 is 9.47 Å². The highest BCUT2D eigenvalue weighted by molar-refractivity contribution is 7.07. The monoisotopic (exact) mass is 502 g/mol. The number of thiazole rings is 1. The molecule has 1 aliphatic heterocycles. The maximum atomic E-state index is 13.8. The molecule has 0 amide bonds. The van der Waals surface area contributed by atoms with Crippen molar-refractivity contribution >= 4 is 34.2 Å². The third-order valence-electron chi connectivity index (χ3n) is 6.11. The summed E-state index contributed by atoms with van der Waals surface area (Å²) in [4.78, 5) is 32.1. The Labute approximate surface area is 210 Å². The van der Waals surface area contributed by atoms with E-state index < -0.39 is 12.0 Å². The van der Waals surface area contributed by atoms with Crippen LogP contribution in [0.4, 0.5) is 4.39 Å². The number of hydrogen-bond acceptors (Lipinski definition) is 6. The van der Waals surface area contributed by atoms with E-state index in [1.54, 1.807) is 39.2 Å². The van der Waals surface area contributed by atoms with Gasteiger partial charge in [0.05, 0.1) is 29.5 Å². The highest BCUT2D eigenvalue weighted by Gasteiger charge is 2.36. The molecule has 0 saturated carbocycles. The largest absolute Gasteiger partial charge is 0.496 e. The Hall–Kier alpha value is -4.04. The first-order valence-electron chi connectivity index (χ1n) is 11.4. The lowest BCUT2D eigenvalue weighted by molar-refractivity contribution is -0.139.